The molecule has 0 heterocycles. The van der Waals surface area contributed by atoms with Crippen LogP contribution in [0.4, 0.5) is 0 Å². The lowest BCUT2D eigenvalue weighted by Gasteiger charge is -1.92. The maximum absolute atomic E-state index is 10.3. The maximum atomic E-state index is 10.3. The number of rotatable bonds is 3. The van der Waals surface area contributed by atoms with E-state index in [1.807, 2.05) is 0 Å². The molecule has 0 bridgehead atoms. The molecule has 0 spiro atoms. The molecule has 0 aliphatic rings. The van der Waals surface area contributed by atoms with Gasteiger partial charge in [-0.25, -0.2) is 0 Å². The van der Waals surface area contributed by atoms with Gasteiger partial charge in [-0.05, 0) is 0 Å². The molecule has 0 aromatic carbocycles. The highest BCUT2D eigenvalue weighted by Crippen LogP contribution is 1.87. The van der Waals surface area contributed by atoms with Gasteiger partial charge in [0.1, 0.15) is 0 Å². The smallest absolute Gasteiger partial charge is 0.270 e. The zero-order valence-electron chi connectivity index (χ0n) is 4.62. The summed E-state index contributed by atoms with van der Waals surface area (Å²) in [6, 6.07) is 0. The minimum Gasteiger partial charge on any atom is -0.273 e. The zero-order valence-corrected chi connectivity index (χ0v) is 5.44. The van der Waals surface area contributed by atoms with Gasteiger partial charge >= 0.3 is 0 Å². The van der Waals surface area contributed by atoms with Crippen LogP contribution in [0.1, 0.15) is 0 Å². The lowest BCUT2D eigenvalue weighted by atomic mass is 10.8. The highest BCUT2D eigenvalue weighted by atomic mass is 32.2. The Morgan fingerprint density at radius 3 is 2.38 bits per heavy atom. The molecule has 48 valence electrons. The summed E-state index contributed by atoms with van der Waals surface area (Å²) >= 11 is 0. The summed E-state index contributed by atoms with van der Waals surface area (Å²) in [5.41, 5.74) is 0. The molecule has 8 heavy (non-hydrogen) atoms. The molecule has 0 fully saturated rings. The van der Waals surface area contributed by atoms with E-state index < -0.39 is 10.1 Å². The van der Waals surface area contributed by atoms with Crippen LogP contribution in [0.25, 0.3) is 0 Å². The second-order valence-electron chi connectivity index (χ2n) is 1.18. The Hall–Kier alpha value is -0.350. The summed E-state index contributed by atoms with van der Waals surface area (Å²) in [5.74, 6) is -0.122. The molecule has 0 aliphatic heterocycles. The Balaban J connectivity index is 3.94. The van der Waals surface area contributed by atoms with Crippen LogP contribution in [-0.4, -0.2) is 21.3 Å². The van der Waals surface area contributed by atoms with Crippen molar-refractivity contribution in [1.29, 1.82) is 0 Å². The van der Waals surface area contributed by atoms with Crippen molar-refractivity contribution >= 4 is 10.1 Å². The average molecular weight is 136 g/mol. The molecule has 4 heteroatoms. The van der Waals surface area contributed by atoms with Gasteiger partial charge in [-0.3, -0.25) is 4.18 Å². The van der Waals surface area contributed by atoms with Crippen molar-refractivity contribution in [3.8, 4) is 0 Å². The van der Waals surface area contributed by atoms with Gasteiger partial charge in [0, 0.05) is 0 Å². The highest BCUT2D eigenvalue weighted by molar-refractivity contribution is 7.86. The third-order valence-corrected chi connectivity index (χ3v) is 1.73. The van der Waals surface area contributed by atoms with E-state index in [9.17, 15) is 8.42 Å². The molecule has 0 amide bonds. The molecular formula is C4H8O3S. The minimum absolute atomic E-state index is 0.122. The van der Waals surface area contributed by atoms with E-state index in [-0.39, 0.29) is 5.75 Å². The van der Waals surface area contributed by atoms with Crippen molar-refractivity contribution in [3.05, 3.63) is 12.7 Å². The lowest BCUT2D eigenvalue weighted by Crippen LogP contribution is -2.04. The summed E-state index contributed by atoms with van der Waals surface area (Å²) in [6.45, 7) is 3.23. The molecule has 0 aromatic rings. The first-order valence-corrected chi connectivity index (χ1v) is 3.59. The second-order valence-corrected chi connectivity index (χ2v) is 2.96. The third kappa shape index (κ3) is 2.76. The molecule has 0 radical (unpaired) electrons. The van der Waals surface area contributed by atoms with Crippen molar-refractivity contribution in [2.75, 3.05) is 12.9 Å². The van der Waals surface area contributed by atoms with E-state index >= 15 is 0 Å². The Kier molecular flexibility index (Phi) is 2.71. The first-order valence-electron chi connectivity index (χ1n) is 2.01. The van der Waals surface area contributed by atoms with Crippen LogP contribution in [0.2, 0.25) is 0 Å². The average Bonchev–Trinajstić information content (AvgIpc) is 1.67. The fourth-order valence-electron chi connectivity index (χ4n) is 0.212. The predicted molar refractivity (Wildman–Crippen MR) is 31.0 cm³/mol. The molecule has 0 aliphatic carbocycles. The Morgan fingerprint density at radius 2 is 2.25 bits per heavy atom. The van der Waals surface area contributed by atoms with Gasteiger partial charge in [0.25, 0.3) is 10.1 Å². The SMILES string of the molecule is C=CCS(=O)(=O)OC. The van der Waals surface area contributed by atoms with Gasteiger partial charge in [0.15, 0.2) is 0 Å². The topological polar surface area (TPSA) is 43.4 Å². The Labute approximate surface area is 49.1 Å². The fourth-order valence-corrected chi connectivity index (χ4v) is 0.637. The number of hydrogen-bond acceptors (Lipinski definition) is 3. The summed E-state index contributed by atoms with van der Waals surface area (Å²) < 4.78 is 24.7. The normalized spacial score (nSPS) is 11.1. The summed E-state index contributed by atoms with van der Waals surface area (Å²) in [6.07, 6.45) is 1.28. The minimum atomic E-state index is -3.29. The number of hydrogen-bond donors (Lipinski definition) is 0. The molecule has 0 atom stereocenters. The van der Waals surface area contributed by atoms with E-state index in [2.05, 4.69) is 10.8 Å². The molecule has 0 saturated carbocycles. The van der Waals surface area contributed by atoms with Crippen LogP contribution in [-0.2, 0) is 14.3 Å². The van der Waals surface area contributed by atoms with Crippen LogP contribution in [0.3, 0.4) is 0 Å². The van der Waals surface area contributed by atoms with E-state index in [4.69, 9.17) is 0 Å². The molecule has 0 unspecified atom stereocenters. The largest absolute Gasteiger partial charge is 0.273 e. The molecular weight excluding hydrogens is 128 g/mol. The van der Waals surface area contributed by atoms with E-state index in [1.54, 1.807) is 0 Å². The summed E-state index contributed by atoms with van der Waals surface area (Å²) in [7, 11) is -2.16. The van der Waals surface area contributed by atoms with Crippen LogP contribution in [0.5, 0.6) is 0 Å². The van der Waals surface area contributed by atoms with Crippen molar-refractivity contribution in [1.82, 2.24) is 0 Å². The van der Waals surface area contributed by atoms with Crippen LogP contribution in [0, 0.1) is 0 Å². The van der Waals surface area contributed by atoms with Crippen LogP contribution in [0.15, 0.2) is 12.7 Å². The maximum Gasteiger partial charge on any atom is 0.270 e. The standard InChI is InChI=1S/C4H8O3S/c1-3-4-8(5,6)7-2/h3H,1,4H2,2H3. The van der Waals surface area contributed by atoms with Crippen molar-refractivity contribution < 1.29 is 12.6 Å². The molecule has 0 saturated heterocycles. The summed E-state index contributed by atoms with van der Waals surface area (Å²) in [4.78, 5) is 0. The van der Waals surface area contributed by atoms with E-state index in [1.165, 1.54) is 6.08 Å². The van der Waals surface area contributed by atoms with Gasteiger partial charge in [-0.15, -0.1) is 6.58 Å². The highest BCUT2D eigenvalue weighted by Gasteiger charge is 2.01. The quantitative estimate of drug-likeness (QED) is 0.409. The van der Waals surface area contributed by atoms with Crippen molar-refractivity contribution in [2.45, 2.75) is 0 Å². The van der Waals surface area contributed by atoms with Gasteiger partial charge in [0.05, 0.1) is 12.9 Å². The summed E-state index contributed by atoms with van der Waals surface area (Å²) in [5, 5.41) is 0. The Morgan fingerprint density at radius 1 is 1.75 bits per heavy atom. The third-order valence-electron chi connectivity index (χ3n) is 0.576. The van der Waals surface area contributed by atoms with Gasteiger partial charge < -0.3 is 0 Å². The van der Waals surface area contributed by atoms with Crippen LogP contribution < -0.4 is 0 Å². The van der Waals surface area contributed by atoms with Crippen LogP contribution >= 0.6 is 0 Å². The van der Waals surface area contributed by atoms with Gasteiger partial charge in [0.2, 0.25) is 0 Å². The van der Waals surface area contributed by atoms with Crippen molar-refractivity contribution in [2.24, 2.45) is 0 Å². The molecule has 0 aromatic heterocycles. The zero-order chi connectivity index (χ0) is 6.62. The second kappa shape index (κ2) is 2.84. The van der Waals surface area contributed by atoms with Gasteiger partial charge in [-0.2, -0.15) is 8.42 Å². The molecule has 0 N–H and O–H groups in total. The van der Waals surface area contributed by atoms with E-state index in [0.717, 1.165) is 7.11 Å². The molecule has 0 rings (SSSR count). The first-order chi connectivity index (χ1) is 3.62. The monoisotopic (exact) mass is 136 g/mol. The first kappa shape index (κ1) is 7.65. The van der Waals surface area contributed by atoms with E-state index in [0.29, 0.717) is 0 Å². The van der Waals surface area contributed by atoms with Crippen molar-refractivity contribution in [3.63, 3.8) is 0 Å². The molecule has 3 nitrogen and oxygen atoms in total. The lowest BCUT2D eigenvalue weighted by molar-refractivity contribution is 0.400. The Bertz CT molecular complexity index is 156. The van der Waals surface area contributed by atoms with Gasteiger partial charge in [-0.1, -0.05) is 6.08 Å². The predicted octanol–water partition coefficient (Wildman–Crippen LogP) is 0.149. The fraction of sp³-hybridized carbons (Fsp3) is 0.500.